The van der Waals surface area contributed by atoms with Crippen LogP contribution in [0.25, 0.3) is 0 Å². The molecule has 0 saturated carbocycles. The highest BCUT2D eigenvalue weighted by Gasteiger charge is 2.38. The van der Waals surface area contributed by atoms with Gasteiger partial charge in [-0.25, -0.2) is 0 Å². The van der Waals surface area contributed by atoms with Gasteiger partial charge in [0.2, 0.25) is 0 Å². The lowest BCUT2D eigenvalue weighted by atomic mass is 9.74. The summed E-state index contributed by atoms with van der Waals surface area (Å²) >= 11 is 3.57. The molecule has 2 N–H and O–H groups in total. The molecule has 1 aromatic carbocycles. The molecule has 0 atom stereocenters. The van der Waals surface area contributed by atoms with E-state index in [1.54, 1.807) is 12.1 Å². The van der Waals surface area contributed by atoms with Crippen LogP contribution in [0.1, 0.15) is 69.8 Å². The largest absolute Gasteiger partial charge is 0.512 e. The molecule has 7 heteroatoms. The summed E-state index contributed by atoms with van der Waals surface area (Å²) in [6.45, 7) is 2.61. The molecule has 168 valence electrons. The third-order valence-corrected chi connectivity index (χ3v) is 6.47. The van der Waals surface area contributed by atoms with E-state index >= 15 is 0 Å². The summed E-state index contributed by atoms with van der Waals surface area (Å²) in [5, 5.41) is 21.3. The standard InChI is InChI=1S/C24H29BrO6/c1-3-4-11-31-21-13-15(25)14(12-20(21)30-2)22(23-16(26)7-5-8-17(23)27)24-18(28)9-6-10-19(24)29/h12-13,22,26,28H,3-11H2,1-2H3. The fraction of sp³-hybridized carbons (Fsp3) is 0.500. The van der Waals surface area contributed by atoms with E-state index in [0.29, 0.717) is 66.7 Å². The number of allylic oxidation sites excluding steroid dienone is 4. The van der Waals surface area contributed by atoms with Gasteiger partial charge in [-0.05, 0) is 37.0 Å². The molecule has 6 nitrogen and oxygen atoms in total. The second-order valence-corrected chi connectivity index (χ2v) is 8.79. The first-order valence-electron chi connectivity index (χ1n) is 10.8. The van der Waals surface area contributed by atoms with Gasteiger partial charge >= 0.3 is 0 Å². The number of methoxy groups -OCH3 is 1. The fourth-order valence-electron chi connectivity index (χ4n) is 4.17. The van der Waals surface area contributed by atoms with Gasteiger partial charge in [0.1, 0.15) is 0 Å². The van der Waals surface area contributed by atoms with Gasteiger partial charge in [-0.1, -0.05) is 29.3 Å². The topological polar surface area (TPSA) is 93.1 Å². The number of ether oxygens (including phenoxy) is 2. The molecule has 0 aromatic heterocycles. The van der Waals surface area contributed by atoms with Crippen molar-refractivity contribution in [3.63, 3.8) is 0 Å². The van der Waals surface area contributed by atoms with Crippen molar-refractivity contribution in [2.75, 3.05) is 13.7 Å². The van der Waals surface area contributed by atoms with Crippen LogP contribution in [0.3, 0.4) is 0 Å². The Morgan fingerprint density at radius 1 is 0.968 bits per heavy atom. The Kier molecular flexibility index (Phi) is 7.81. The Balaban J connectivity index is 2.19. The minimum Gasteiger partial charge on any atom is -0.512 e. The van der Waals surface area contributed by atoms with E-state index in [4.69, 9.17) is 9.47 Å². The van der Waals surface area contributed by atoms with Crippen LogP contribution < -0.4 is 9.47 Å². The third-order valence-electron chi connectivity index (χ3n) is 5.78. The number of unbranched alkanes of at least 4 members (excludes halogenated alkanes) is 1. The van der Waals surface area contributed by atoms with Crippen molar-refractivity contribution >= 4 is 27.5 Å². The van der Waals surface area contributed by atoms with Gasteiger partial charge in [-0.3, -0.25) is 9.59 Å². The first-order chi connectivity index (χ1) is 14.9. The van der Waals surface area contributed by atoms with Crippen LogP contribution >= 0.6 is 15.9 Å². The van der Waals surface area contributed by atoms with E-state index in [9.17, 15) is 19.8 Å². The van der Waals surface area contributed by atoms with Gasteiger partial charge < -0.3 is 19.7 Å². The molecule has 2 aliphatic carbocycles. The SMILES string of the molecule is CCCCOc1cc(Br)c(C(C2=C(O)CCCC2=O)C2=C(O)CCCC2=O)cc1OC. The van der Waals surface area contributed by atoms with Gasteiger partial charge in [0.15, 0.2) is 23.1 Å². The average molecular weight is 493 g/mol. The highest BCUT2D eigenvalue weighted by molar-refractivity contribution is 9.10. The summed E-state index contributed by atoms with van der Waals surface area (Å²) < 4.78 is 12.0. The van der Waals surface area contributed by atoms with Crippen LogP contribution in [0, 0.1) is 0 Å². The number of aliphatic hydroxyl groups excluding tert-OH is 2. The Labute approximate surface area is 191 Å². The summed E-state index contributed by atoms with van der Waals surface area (Å²) in [4.78, 5) is 25.8. The highest BCUT2D eigenvalue weighted by atomic mass is 79.9. The second kappa shape index (κ2) is 10.4. The molecular weight excluding hydrogens is 464 g/mol. The van der Waals surface area contributed by atoms with E-state index in [1.807, 2.05) is 0 Å². The van der Waals surface area contributed by atoms with Gasteiger partial charge in [-0.15, -0.1) is 0 Å². The number of rotatable bonds is 8. The Morgan fingerprint density at radius 3 is 2.03 bits per heavy atom. The number of benzene rings is 1. The van der Waals surface area contributed by atoms with Crippen molar-refractivity contribution < 1.29 is 29.3 Å². The number of halogens is 1. The fourth-order valence-corrected chi connectivity index (χ4v) is 4.73. The van der Waals surface area contributed by atoms with Crippen molar-refractivity contribution in [2.24, 2.45) is 0 Å². The number of aliphatic hydroxyl groups is 2. The maximum atomic E-state index is 12.9. The molecule has 0 heterocycles. The van der Waals surface area contributed by atoms with Crippen molar-refractivity contribution in [3.05, 3.63) is 44.8 Å². The third kappa shape index (κ3) is 4.97. The minimum absolute atomic E-state index is 0.0194. The lowest BCUT2D eigenvalue weighted by Gasteiger charge is -2.29. The van der Waals surface area contributed by atoms with Gasteiger partial charge in [-0.2, -0.15) is 0 Å². The summed E-state index contributed by atoms with van der Waals surface area (Å²) in [5.74, 6) is -0.308. The number of ketones is 2. The summed E-state index contributed by atoms with van der Waals surface area (Å²) in [7, 11) is 1.53. The predicted molar refractivity (Wildman–Crippen MR) is 121 cm³/mol. The van der Waals surface area contributed by atoms with Gasteiger partial charge in [0, 0.05) is 47.2 Å². The number of hydrogen-bond acceptors (Lipinski definition) is 6. The molecule has 0 fully saturated rings. The molecule has 0 aliphatic heterocycles. The predicted octanol–water partition coefficient (Wildman–Crippen LogP) is 5.85. The number of carbonyl (C=O) groups is 2. The zero-order valence-corrected chi connectivity index (χ0v) is 19.6. The maximum Gasteiger partial charge on any atom is 0.163 e. The number of carbonyl (C=O) groups excluding carboxylic acids is 2. The molecule has 0 bridgehead atoms. The average Bonchev–Trinajstić information content (AvgIpc) is 2.73. The van der Waals surface area contributed by atoms with Crippen LogP contribution in [0.15, 0.2) is 39.3 Å². The molecular formula is C24H29BrO6. The van der Waals surface area contributed by atoms with E-state index in [1.165, 1.54) is 7.11 Å². The number of Topliss-reactive ketones (excluding diaryl/α,β-unsaturated/α-hetero) is 2. The molecule has 0 unspecified atom stereocenters. The van der Waals surface area contributed by atoms with Crippen LogP contribution in [0.2, 0.25) is 0 Å². The van der Waals surface area contributed by atoms with E-state index in [-0.39, 0.29) is 34.2 Å². The Morgan fingerprint density at radius 2 is 1.55 bits per heavy atom. The van der Waals surface area contributed by atoms with E-state index in [2.05, 4.69) is 22.9 Å². The molecule has 0 spiro atoms. The lowest BCUT2D eigenvalue weighted by molar-refractivity contribution is -0.117. The Bertz CT molecular complexity index is 888. The smallest absolute Gasteiger partial charge is 0.163 e. The zero-order chi connectivity index (χ0) is 22.5. The molecule has 31 heavy (non-hydrogen) atoms. The van der Waals surface area contributed by atoms with Crippen molar-refractivity contribution in [3.8, 4) is 11.5 Å². The summed E-state index contributed by atoms with van der Waals surface area (Å²) in [5.41, 5.74) is 0.948. The van der Waals surface area contributed by atoms with Gasteiger partial charge in [0.05, 0.1) is 25.2 Å². The summed E-state index contributed by atoms with van der Waals surface area (Å²) in [6.07, 6.45) is 4.35. The molecule has 0 amide bonds. The van der Waals surface area contributed by atoms with Crippen LogP contribution in [-0.4, -0.2) is 35.5 Å². The maximum absolute atomic E-state index is 12.9. The Hall–Kier alpha value is -2.28. The van der Waals surface area contributed by atoms with Crippen LogP contribution in [-0.2, 0) is 9.59 Å². The van der Waals surface area contributed by atoms with Crippen molar-refractivity contribution in [2.45, 2.75) is 64.2 Å². The van der Waals surface area contributed by atoms with E-state index in [0.717, 1.165) is 12.8 Å². The second-order valence-electron chi connectivity index (χ2n) is 7.93. The molecule has 0 saturated heterocycles. The summed E-state index contributed by atoms with van der Waals surface area (Å²) in [6, 6.07) is 3.48. The van der Waals surface area contributed by atoms with E-state index < -0.39 is 5.92 Å². The first-order valence-corrected chi connectivity index (χ1v) is 11.6. The zero-order valence-electron chi connectivity index (χ0n) is 18.0. The molecule has 0 radical (unpaired) electrons. The lowest BCUT2D eigenvalue weighted by Crippen LogP contribution is -2.26. The molecule has 1 aromatic rings. The van der Waals surface area contributed by atoms with Crippen LogP contribution in [0.5, 0.6) is 11.5 Å². The minimum atomic E-state index is -0.867. The monoisotopic (exact) mass is 492 g/mol. The molecule has 3 rings (SSSR count). The normalized spacial score (nSPS) is 17.5. The number of hydrogen-bond donors (Lipinski definition) is 2. The first kappa shape index (κ1) is 23.4. The van der Waals surface area contributed by atoms with Crippen molar-refractivity contribution in [1.29, 1.82) is 0 Å². The van der Waals surface area contributed by atoms with Crippen LogP contribution in [0.4, 0.5) is 0 Å². The van der Waals surface area contributed by atoms with Crippen molar-refractivity contribution in [1.82, 2.24) is 0 Å². The van der Waals surface area contributed by atoms with Gasteiger partial charge in [0.25, 0.3) is 0 Å². The highest BCUT2D eigenvalue weighted by Crippen LogP contribution is 2.46. The molecule has 2 aliphatic rings. The quantitative estimate of drug-likeness (QED) is 0.442.